The van der Waals surface area contributed by atoms with E-state index < -0.39 is 0 Å². The topological polar surface area (TPSA) is 30.9 Å². The van der Waals surface area contributed by atoms with Crippen molar-refractivity contribution in [3.63, 3.8) is 0 Å². The van der Waals surface area contributed by atoms with Crippen LogP contribution in [0, 0.1) is 6.92 Å². The van der Waals surface area contributed by atoms with Crippen molar-refractivity contribution < 1.29 is 0 Å². The van der Waals surface area contributed by atoms with Crippen molar-refractivity contribution in [2.24, 2.45) is 5.73 Å². The van der Waals surface area contributed by atoms with Gasteiger partial charge in [-0.15, -0.1) is 0 Å². The molecule has 3 heteroatoms. The van der Waals surface area contributed by atoms with Gasteiger partial charge < -0.3 is 10.3 Å². The predicted octanol–water partition coefficient (Wildman–Crippen LogP) is 3.06. The highest BCUT2D eigenvalue weighted by Crippen LogP contribution is 2.28. The van der Waals surface area contributed by atoms with E-state index in [2.05, 4.69) is 51.8 Å². The van der Waals surface area contributed by atoms with Gasteiger partial charge in [0, 0.05) is 22.6 Å². The van der Waals surface area contributed by atoms with E-state index in [0.29, 0.717) is 0 Å². The summed E-state index contributed by atoms with van der Waals surface area (Å²) in [6.07, 6.45) is 3.16. The number of nitrogens with two attached hydrogens (primary N) is 1. The van der Waals surface area contributed by atoms with Crippen LogP contribution in [0.3, 0.4) is 0 Å². The summed E-state index contributed by atoms with van der Waals surface area (Å²) >= 11 is 3.59. The van der Waals surface area contributed by atoms with E-state index >= 15 is 0 Å². The average Bonchev–Trinajstić information content (AvgIpc) is 2.55. The van der Waals surface area contributed by atoms with Gasteiger partial charge in [-0.25, -0.2) is 0 Å². The molecule has 0 aliphatic heterocycles. The Hall–Kier alpha value is -0.800. The molecule has 2 N–H and O–H groups in total. The lowest BCUT2D eigenvalue weighted by molar-refractivity contribution is 0.669. The van der Waals surface area contributed by atoms with Crippen molar-refractivity contribution in [1.82, 2.24) is 4.57 Å². The molecule has 0 radical (unpaired) electrons. The molecule has 0 aliphatic rings. The quantitative estimate of drug-likeness (QED) is 0.910. The fourth-order valence-electron chi connectivity index (χ4n) is 1.94. The monoisotopic (exact) mass is 266 g/mol. The Kier molecular flexibility index (Phi) is 3.12. The highest BCUT2D eigenvalue weighted by Gasteiger charge is 2.07. The second kappa shape index (κ2) is 4.37. The second-order valence-corrected chi connectivity index (χ2v) is 4.64. The number of benzene rings is 1. The van der Waals surface area contributed by atoms with Crippen LogP contribution in [0.25, 0.3) is 10.9 Å². The van der Waals surface area contributed by atoms with E-state index in [9.17, 15) is 0 Å². The summed E-state index contributed by atoms with van der Waals surface area (Å²) in [7, 11) is 0. The molecule has 0 aliphatic carbocycles. The van der Waals surface area contributed by atoms with E-state index in [0.717, 1.165) is 19.5 Å². The Labute approximate surface area is 98.2 Å². The number of hydrogen-bond donors (Lipinski definition) is 1. The Bertz CT molecular complexity index is 474. The summed E-state index contributed by atoms with van der Waals surface area (Å²) < 4.78 is 3.44. The number of para-hydroxylation sites is 1. The first kappa shape index (κ1) is 10.7. The van der Waals surface area contributed by atoms with E-state index in [1.165, 1.54) is 20.9 Å². The first-order valence-electron chi connectivity index (χ1n) is 5.18. The molecule has 0 spiro atoms. The maximum Gasteiger partial charge on any atom is 0.0521 e. The number of fused-ring (bicyclic) bond motifs is 1. The van der Waals surface area contributed by atoms with Crippen LogP contribution in [0.4, 0.5) is 0 Å². The van der Waals surface area contributed by atoms with Crippen LogP contribution in [-0.4, -0.2) is 11.1 Å². The lowest BCUT2D eigenvalue weighted by Gasteiger charge is -2.05. The molecule has 80 valence electrons. The van der Waals surface area contributed by atoms with Crippen LogP contribution in [-0.2, 0) is 6.54 Å². The predicted molar refractivity (Wildman–Crippen MR) is 68.0 cm³/mol. The van der Waals surface area contributed by atoms with Crippen molar-refractivity contribution in [1.29, 1.82) is 0 Å². The van der Waals surface area contributed by atoms with Gasteiger partial charge in [0.15, 0.2) is 0 Å². The van der Waals surface area contributed by atoms with E-state index in [1.54, 1.807) is 0 Å². The van der Waals surface area contributed by atoms with Crippen molar-refractivity contribution in [2.75, 3.05) is 6.54 Å². The van der Waals surface area contributed by atoms with Crippen LogP contribution in [0.15, 0.2) is 28.9 Å². The van der Waals surface area contributed by atoms with Crippen molar-refractivity contribution in [3.8, 4) is 0 Å². The first-order chi connectivity index (χ1) is 7.24. The van der Waals surface area contributed by atoms with Crippen molar-refractivity contribution in [3.05, 3.63) is 34.4 Å². The van der Waals surface area contributed by atoms with Gasteiger partial charge in [-0.2, -0.15) is 0 Å². The zero-order chi connectivity index (χ0) is 10.8. The molecule has 1 heterocycles. The van der Waals surface area contributed by atoms with E-state index in [4.69, 9.17) is 5.73 Å². The van der Waals surface area contributed by atoms with Gasteiger partial charge in [0.1, 0.15) is 0 Å². The number of halogens is 1. The molecule has 2 nitrogen and oxygen atoms in total. The summed E-state index contributed by atoms with van der Waals surface area (Å²) in [4.78, 5) is 0. The maximum absolute atomic E-state index is 5.54. The summed E-state index contributed by atoms with van der Waals surface area (Å²) in [6, 6.07) is 6.38. The summed E-state index contributed by atoms with van der Waals surface area (Å²) in [5.74, 6) is 0. The molecule has 0 unspecified atom stereocenters. The molecule has 0 bridgehead atoms. The SMILES string of the molecule is Cc1cccc2c(Br)cn(CCCN)c12. The Balaban J connectivity index is 2.54. The molecule has 0 fully saturated rings. The van der Waals surface area contributed by atoms with Crippen molar-refractivity contribution >= 4 is 26.8 Å². The average molecular weight is 267 g/mol. The van der Waals surface area contributed by atoms with Gasteiger partial charge in [-0.1, -0.05) is 18.2 Å². The molecule has 2 aromatic rings. The minimum atomic E-state index is 0.739. The van der Waals surface area contributed by atoms with Crippen LogP contribution < -0.4 is 5.73 Å². The lowest BCUT2D eigenvalue weighted by atomic mass is 10.2. The number of hydrogen-bond acceptors (Lipinski definition) is 1. The van der Waals surface area contributed by atoms with Crippen molar-refractivity contribution in [2.45, 2.75) is 19.9 Å². The first-order valence-corrected chi connectivity index (χ1v) is 5.97. The van der Waals surface area contributed by atoms with Crippen LogP contribution >= 0.6 is 15.9 Å². The van der Waals surface area contributed by atoms with Gasteiger partial charge >= 0.3 is 0 Å². The lowest BCUT2D eigenvalue weighted by Crippen LogP contribution is -2.05. The molecule has 0 atom stereocenters. The molecule has 0 saturated heterocycles. The molecule has 1 aromatic heterocycles. The summed E-state index contributed by atoms with van der Waals surface area (Å²) in [6.45, 7) is 3.88. The molecular weight excluding hydrogens is 252 g/mol. The maximum atomic E-state index is 5.54. The molecule has 15 heavy (non-hydrogen) atoms. The largest absolute Gasteiger partial charge is 0.346 e. The standard InChI is InChI=1S/C12H15BrN2/c1-9-4-2-5-10-11(13)8-15(12(9)10)7-3-6-14/h2,4-5,8H,3,6-7,14H2,1H3. The van der Waals surface area contributed by atoms with Gasteiger partial charge in [0.2, 0.25) is 0 Å². The summed E-state index contributed by atoms with van der Waals surface area (Å²) in [5, 5.41) is 1.28. The van der Waals surface area contributed by atoms with Gasteiger partial charge in [-0.05, 0) is 41.4 Å². The third-order valence-corrected chi connectivity index (χ3v) is 3.29. The Morgan fingerprint density at radius 3 is 2.93 bits per heavy atom. The minimum absolute atomic E-state index is 0.739. The van der Waals surface area contributed by atoms with E-state index in [-0.39, 0.29) is 0 Å². The summed E-state index contributed by atoms with van der Waals surface area (Å²) in [5.41, 5.74) is 8.17. The smallest absolute Gasteiger partial charge is 0.0521 e. The fraction of sp³-hybridized carbons (Fsp3) is 0.333. The molecule has 0 saturated carbocycles. The number of aryl methyl sites for hydroxylation is 2. The van der Waals surface area contributed by atoms with Gasteiger partial charge in [-0.3, -0.25) is 0 Å². The highest BCUT2D eigenvalue weighted by atomic mass is 79.9. The second-order valence-electron chi connectivity index (χ2n) is 3.78. The highest BCUT2D eigenvalue weighted by molar-refractivity contribution is 9.10. The van der Waals surface area contributed by atoms with Crippen LogP contribution in [0.1, 0.15) is 12.0 Å². The molecule has 1 aromatic carbocycles. The Morgan fingerprint density at radius 2 is 2.20 bits per heavy atom. The number of nitrogens with zero attached hydrogens (tertiary/aromatic N) is 1. The third kappa shape index (κ3) is 1.94. The zero-order valence-electron chi connectivity index (χ0n) is 8.83. The number of aromatic nitrogens is 1. The normalized spacial score (nSPS) is 11.1. The van der Waals surface area contributed by atoms with Gasteiger partial charge in [0.05, 0.1) is 5.52 Å². The Morgan fingerprint density at radius 1 is 1.40 bits per heavy atom. The molecular formula is C12H15BrN2. The van der Waals surface area contributed by atoms with Crippen LogP contribution in [0.2, 0.25) is 0 Å². The van der Waals surface area contributed by atoms with E-state index in [1.807, 2.05) is 0 Å². The number of rotatable bonds is 3. The molecule has 2 rings (SSSR count). The fourth-order valence-corrected chi connectivity index (χ4v) is 2.51. The third-order valence-electron chi connectivity index (χ3n) is 2.65. The zero-order valence-corrected chi connectivity index (χ0v) is 10.4. The minimum Gasteiger partial charge on any atom is -0.346 e. The van der Waals surface area contributed by atoms with Gasteiger partial charge in [0.25, 0.3) is 0 Å². The van der Waals surface area contributed by atoms with Crippen LogP contribution in [0.5, 0.6) is 0 Å². The molecule has 0 amide bonds.